The Labute approximate surface area is 158 Å². The third-order valence-corrected chi connectivity index (χ3v) is 6.27. The monoisotopic (exact) mass is 372 g/mol. The van der Waals surface area contributed by atoms with Gasteiger partial charge < -0.3 is 14.5 Å². The highest BCUT2D eigenvalue weighted by Gasteiger charge is 2.31. The Morgan fingerprint density at radius 1 is 1.35 bits per heavy atom. The molecular formula is C20H26N3O2S+. The number of piperazine rings is 1. The van der Waals surface area contributed by atoms with Crippen LogP contribution >= 0.6 is 11.3 Å². The summed E-state index contributed by atoms with van der Waals surface area (Å²) in [6, 6.07) is 8.40. The van der Waals surface area contributed by atoms with Gasteiger partial charge in [-0.2, -0.15) is 0 Å². The lowest BCUT2D eigenvalue weighted by atomic mass is 10.1. The Hall–Kier alpha value is -1.76. The Bertz CT molecular complexity index is 762. The summed E-state index contributed by atoms with van der Waals surface area (Å²) in [7, 11) is 0. The summed E-state index contributed by atoms with van der Waals surface area (Å²) in [5, 5.41) is 3.28. The van der Waals surface area contributed by atoms with E-state index in [1.54, 1.807) is 11.3 Å². The fraction of sp³-hybridized carbons (Fsp3) is 0.500. The summed E-state index contributed by atoms with van der Waals surface area (Å²) in [4.78, 5) is 20.8. The summed E-state index contributed by atoms with van der Waals surface area (Å²) in [6.07, 6.45) is 1.70. The number of nitrogens with zero attached hydrogens (tertiary/aromatic N) is 2. The van der Waals surface area contributed by atoms with Crippen LogP contribution in [0.15, 0.2) is 29.6 Å². The third-order valence-electron chi connectivity index (χ3n) is 5.35. The van der Waals surface area contributed by atoms with Crippen molar-refractivity contribution in [3.63, 3.8) is 0 Å². The average molecular weight is 373 g/mol. The number of aryl methyl sites for hydroxylation is 1. The number of quaternary nitrogens is 1. The van der Waals surface area contributed by atoms with E-state index >= 15 is 0 Å². The molecule has 6 heteroatoms. The second-order valence-electron chi connectivity index (χ2n) is 7.21. The number of carbonyl (C=O) groups excluding carboxylic acids is 1. The van der Waals surface area contributed by atoms with E-state index in [1.807, 2.05) is 4.90 Å². The highest BCUT2D eigenvalue weighted by Crippen LogP contribution is 2.26. The van der Waals surface area contributed by atoms with Crippen molar-refractivity contribution < 1.29 is 14.4 Å². The highest BCUT2D eigenvalue weighted by atomic mass is 32.1. The zero-order valence-electron chi connectivity index (χ0n) is 15.2. The van der Waals surface area contributed by atoms with Crippen molar-refractivity contribution in [3.8, 4) is 10.6 Å². The number of amides is 1. The lowest BCUT2D eigenvalue weighted by Gasteiger charge is -2.33. The van der Waals surface area contributed by atoms with Crippen molar-refractivity contribution in [2.24, 2.45) is 0 Å². The minimum Gasteiger partial charge on any atom is -0.368 e. The maximum atomic E-state index is 12.4. The van der Waals surface area contributed by atoms with Gasteiger partial charge in [0.15, 0.2) is 0 Å². The van der Waals surface area contributed by atoms with Crippen molar-refractivity contribution in [3.05, 3.63) is 40.9 Å². The Kier molecular flexibility index (Phi) is 5.33. The number of rotatable bonds is 4. The average Bonchev–Trinajstić information content (AvgIpc) is 3.34. The Morgan fingerprint density at radius 2 is 2.15 bits per heavy atom. The largest absolute Gasteiger partial charge is 0.368 e. The molecule has 2 aliphatic rings. The molecule has 1 atom stereocenters. The lowest BCUT2D eigenvalue weighted by Crippen LogP contribution is -3.13. The molecule has 0 unspecified atom stereocenters. The molecular weight excluding hydrogens is 346 g/mol. The first-order chi connectivity index (χ1) is 12.7. The minimum absolute atomic E-state index is 0.188. The SMILES string of the molecule is Cc1ccccc1-c1nc(C[NH+]2CCN(C(=O)[C@H]3CCCO3)CC2)cs1. The number of nitrogens with one attached hydrogen (secondary N) is 1. The maximum Gasteiger partial charge on any atom is 0.252 e. The van der Waals surface area contributed by atoms with Gasteiger partial charge in [0.05, 0.1) is 26.2 Å². The molecule has 138 valence electrons. The molecule has 1 N–H and O–H groups in total. The summed E-state index contributed by atoms with van der Waals surface area (Å²) in [5.41, 5.74) is 3.65. The van der Waals surface area contributed by atoms with Crippen molar-refractivity contribution >= 4 is 17.2 Å². The normalized spacial score (nSPS) is 21.3. The van der Waals surface area contributed by atoms with Gasteiger partial charge in [0, 0.05) is 17.6 Å². The molecule has 2 aliphatic heterocycles. The molecule has 5 nitrogen and oxygen atoms in total. The predicted molar refractivity (Wildman–Crippen MR) is 102 cm³/mol. The van der Waals surface area contributed by atoms with Crippen LogP contribution in [0.5, 0.6) is 0 Å². The van der Waals surface area contributed by atoms with E-state index in [4.69, 9.17) is 9.72 Å². The molecule has 1 aromatic carbocycles. The van der Waals surface area contributed by atoms with Crippen LogP contribution in [-0.4, -0.2) is 54.7 Å². The standard InChI is InChI=1S/C20H25N3O2S/c1-15-5-2-3-6-17(15)19-21-16(14-26-19)13-22-8-10-23(11-9-22)20(24)18-7-4-12-25-18/h2-3,5-6,14,18H,4,7-13H2,1H3/p+1/t18-/m1/s1. The predicted octanol–water partition coefficient (Wildman–Crippen LogP) is 1.52. The van der Waals surface area contributed by atoms with Crippen LogP contribution in [-0.2, 0) is 16.1 Å². The smallest absolute Gasteiger partial charge is 0.252 e. The molecule has 1 aromatic heterocycles. The van der Waals surface area contributed by atoms with Gasteiger partial charge in [-0.3, -0.25) is 4.79 Å². The number of carbonyl (C=O) groups is 1. The number of thiazole rings is 1. The quantitative estimate of drug-likeness (QED) is 0.885. The first-order valence-electron chi connectivity index (χ1n) is 9.45. The Balaban J connectivity index is 1.32. The zero-order valence-corrected chi connectivity index (χ0v) is 16.1. The molecule has 2 fully saturated rings. The van der Waals surface area contributed by atoms with Gasteiger partial charge in [0.25, 0.3) is 5.91 Å². The van der Waals surface area contributed by atoms with E-state index in [0.29, 0.717) is 0 Å². The fourth-order valence-corrected chi connectivity index (χ4v) is 4.69. The molecule has 2 aromatic rings. The van der Waals surface area contributed by atoms with Crippen LogP contribution < -0.4 is 4.90 Å². The van der Waals surface area contributed by atoms with Gasteiger partial charge in [0.1, 0.15) is 23.4 Å². The van der Waals surface area contributed by atoms with E-state index in [0.717, 1.165) is 62.9 Å². The molecule has 0 bridgehead atoms. The minimum atomic E-state index is -0.188. The molecule has 0 aliphatic carbocycles. The molecule has 4 rings (SSSR count). The van der Waals surface area contributed by atoms with Crippen LogP contribution in [0.1, 0.15) is 24.1 Å². The number of benzene rings is 1. The first-order valence-corrected chi connectivity index (χ1v) is 10.3. The second-order valence-corrected chi connectivity index (χ2v) is 8.07. The summed E-state index contributed by atoms with van der Waals surface area (Å²) in [5.74, 6) is 0.192. The molecule has 0 saturated carbocycles. The van der Waals surface area contributed by atoms with Crippen LogP contribution in [0.3, 0.4) is 0 Å². The molecule has 0 radical (unpaired) electrons. The van der Waals surface area contributed by atoms with Gasteiger partial charge >= 0.3 is 0 Å². The van der Waals surface area contributed by atoms with Gasteiger partial charge in [-0.25, -0.2) is 4.98 Å². The Morgan fingerprint density at radius 3 is 2.88 bits per heavy atom. The van der Waals surface area contributed by atoms with Crippen LogP contribution in [0.2, 0.25) is 0 Å². The van der Waals surface area contributed by atoms with Gasteiger partial charge in [-0.15, -0.1) is 11.3 Å². The summed E-state index contributed by atoms with van der Waals surface area (Å²) in [6.45, 7) is 7.40. The second kappa shape index (κ2) is 7.86. The van der Waals surface area contributed by atoms with Crippen molar-refractivity contribution in [1.29, 1.82) is 0 Å². The molecule has 1 amide bonds. The number of ether oxygens (including phenoxy) is 1. The maximum absolute atomic E-state index is 12.4. The van der Waals surface area contributed by atoms with E-state index in [2.05, 4.69) is 36.6 Å². The van der Waals surface area contributed by atoms with E-state index < -0.39 is 0 Å². The molecule has 26 heavy (non-hydrogen) atoms. The van der Waals surface area contributed by atoms with Gasteiger partial charge in [-0.05, 0) is 25.3 Å². The van der Waals surface area contributed by atoms with Crippen molar-refractivity contribution in [2.75, 3.05) is 32.8 Å². The number of aromatic nitrogens is 1. The van der Waals surface area contributed by atoms with E-state index in [9.17, 15) is 4.79 Å². The van der Waals surface area contributed by atoms with Crippen molar-refractivity contribution in [1.82, 2.24) is 9.88 Å². The third kappa shape index (κ3) is 3.82. The van der Waals surface area contributed by atoms with Crippen LogP contribution in [0, 0.1) is 6.92 Å². The molecule has 3 heterocycles. The van der Waals surface area contributed by atoms with E-state index in [1.165, 1.54) is 16.0 Å². The van der Waals surface area contributed by atoms with Crippen LogP contribution in [0.4, 0.5) is 0 Å². The first kappa shape index (κ1) is 17.6. The lowest BCUT2D eigenvalue weighted by molar-refractivity contribution is -0.917. The van der Waals surface area contributed by atoms with E-state index in [-0.39, 0.29) is 12.0 Å². The number of hydrogen-bond acceptors (Lipinski definition) is 4. The zero-order chi connectivity index (χ0) is 17.9. The summed E-state index contributed by atoms with van der Waals surface area (Å²) >= 11 is 1.72. The van der Waals surface area contributed by atoms with Crippen LogP contribution in [0.25, 0.3) is 10.6 Å². The highest BCUT2D eigenvalue weighted by molar-refractivity contribution is 7.13. The fourth-order valence-electron chi connectivity index (χ4n) is 3.78. The molecule has 0 spiro atoms. The van der Waals surface area contributed by atoms with Gasteiger partial charge in [-0.1, -0.05) is 24.3 Å². The van der Waals surface area contributed by atoms with Gasteiger partial charge in [0.2, 0.25) is 0 Å². The number of hydrogen-bond donors (Lipinski definition) is 1. The topological polar surface area (TPSA) is 46.9 Å². The summed E-state index contributed by atoms with van der Waals surface area (Å²) < 4.78 is 5.54. The molecule has 2 saturated heterocycles. The van der Waals surface area contributed by atoms with Crippen molar-refractivity contribution in [2.45, 2.75) is 32.4 Å².